The van der Waals surface area contributed by atoms with Crippen molar-refractivity contribution in [3.05, 3.63) is 0 Å². The Morgan fingerprint density at radius 3 is 2.17 bits per heavy atom. The van der Waals surface area contributed by atoms with Crippen molar-refractivity contribution in [3.63, 3.8) is 0 Å². The fraction of sp³-hybridized carbons (Fsp3) is 1.00. The smallest absolute Gasteiger partial charge is 0.0565 e. The maximum absolute atomic E-state index is 9.31. The molecule has 1 aliphatic rings. The lowest BCUT2D eigenvalue weighted by Gasteiger charge is -2.37. The van der Waals surface area contributed by atoms with Crippen LogP contribution in [0.25, 0.3) is 0 Å². The SMILES string of the molecule is CCN(CC)N1CCC(O)CC1. The van der Waals surface area contributed by atoms with Crippen LogP contribution in [-0.4, -0.2) is 47.4 Å². The first kappa shape index (κ1) is 9.96. The van der Waals surface area contributed by atoms with Gasteiger partial charge in [-0.2, -0.15) is 0 Å². The van der Waals surface area contributed by atoms with E-state index in [-0.39, 0.29) is 6.10 Å². The molecule has 1 N–H and O–H groups in total. The minimum absolute atomic E-state index is 0.0585. The Morgan fingerprint density at radius 1 is 1.25 bits per heavy atom. The van der Waals surface area contributed by atoms with Gasteiger partial charge in [-0.05, 0) is 12.8 Å². The molecule has 0 unspecified atom stereocenters. The van der Waals surface area contributed by atoms with E-state index in [9.17, 15) is 5.11 Å². The summed E-state index contributed by atoms with van der Waals surface area (Å²) < 4.78 is 0. The largest absolute Gasteiger partial charge is 0.393 e. The third-order valence-corrected chi connectivity index (χ3v) is 2.57. The van der Waals surface area contributed by atoms with Gasteiger partial charge in [0.15, 0.2) is 0 Å². The molecule has 1 fully saturated rings. The first-order chi connectivity index (χ1) is 5.77. The Labute approximate surface area is 74.9 Å². The van der Waals surface area contributed by atoms with Crippen LogP contribution >= 0.6 is 0 Å². The summed E-state index contributed by atoms with van der Waals surface area (Å²) in [4.78, 5) is 0. The molecule has 3 nitrogen and oxygen atoms in total. The lowest BCUT2D eigenvalue weighted by Crippen LogP contribution is -2.47. The maximum Gasteiger partial charge on any atom is 0.0565 e. The van der Waals surface area contributed by atoms with Crippen LogP contribution in [0.5, 0.6) is 0 Å². The Morgan fingerprint density at radius 2 is 1.75 bits per heavy atom. The highest BCUT2D eigenvalue weighted by molar-refractivity contribution is 4.69. The summed E-state index contributed by atoms with van der Waals surface area (Å²) in [5.41, 5.74) is 0. The van der Waals surface area contributed by atoms with Crippen LogP contribution in [0.4, 0.5) is 0 Å². The molecule has 0 radical (unpaired) electrons. The molecule has 12 heavy (non-hydrogen) atoms. The van der Waals surface area contributed by atoms with Crippen molar-refractivity contribution in [1.29, 1.82) is 0 Å². The van der Waals surface area contributed by atoms with Gasteiger partial charge in [0.1, 0.15) is 0 Å². The zero-order valence-corrected chi connectivity index (χ0v) is 8.16. The van der Waals surface area contributed by atoms with Gasteiger partial charge in [0.05, 0.1) is 6.10 Å². The molecule has 1 rings (SSSR count). The molecule has 3 heteroatoms. The van der Waals surface area contributed by atoms with E-state index < -0.39 is 0 Å². The Bertz CT molecular complexity index is 118. The molecule has 0 spiro atoms. The van der Waals surface area contributed by atoms with Crippen LogP contribution < -0.4 is 0 Å². The summed E-state index contributed by atoms with van der Waals surface area (Å²) in [6, 6.07) is 0. The quantitative estimate of drug-likeness (QED) is 0.679. The Balaban J connectivity index is 2.32. The molecule has 1 saturated heterocycles. The normalized spacial score (nSPS) is 22.0. The van der Waals surface area contributed by atoms with Crippen LogP contribution in [0.3, 0.4) is 0 Å². The molecular weight excluding hydrogens is 152 g/mol. The molecule has 0 aromatic rings. The van der Waals surface area contributed by atoms with Gasteiger partial charge in [-0.3, -0.25) is 0 Å². The summed E-state index contributed by atoms with van der Waals surface area (Å²) >= 11 is 0. The number of piperidine rings is 1. The topological polar surface area (TPSA) is 26.7 Å². The van der Waals surface area contributed by atoms with E-state index in [1.165, 1.54) is 0 Å². The monoisotopic (exact) mass is 172 g/mol. The van der Waals surface area contributed by atoms with Gasteiger partial charge in [0.2, 0.25) is 0 Å². The molecule has 1 aliphatic heterocycles. The van der Waals surface area contributed by atoms with Crippen molar-refractivity contribution < 1.29 is 5.11 Å². The number of aliphatic hydroxyl groups excluding tert-OH is 1. The van der Waals surface area contributed by atoms with E-state index in [0.717, 1.165) is 39.0 Å². The van der Waals surface area contributed by atoms with Crippen LogP contribution in [0.2, 0.25) is 0 Å². The van der Waals surface area contributed by atoms with E-state index in [1.54, 1.807) is 0 Å². The molecule has 72 valence electrons. The second kappa shape index (κ2) is 4.80. The minimum atomic E-state index is -0.0585. The summed E-state index contributed by atoms with van der Waals surface area (Å²) in [6.07, 6.45) is 1.80. The standard InChI is InChI=1S/C9H20N2O/c1-3-10(4-2)11-7-5-9(12)6-8-11/h9,12H,3-8H2,1-2H3. The van der Waals surface area contributed by atoms with Gasteiger partial charge >= 0.3 is 0 Å². The molecule has 0 aromatic heterocycles. The average Bonchev–Trinajstić information content (AvgIpc) is 2.10. The number of nitrogens with zero attached hydrogens (tertiary/aromatic N) is 2. The molecule has 0 atom stereocenters. The number of hydrogen-bond acceptors (Lipinski definition) is 3. The molecule has 0 aromatic carbocycles. The maximum atomic E-state index is 9.31. The van der Waals surface area contributed by atoms with Crippen molar-refractivity contribution in [1.82, 2.24) is 10.0 Å². The summed E-state index contributed by atoms with van der Waals surface area (Å²) in [7, 11) is 0. The second-order valence-corrected chi connectivity index (χ2v) is 3.32. The highest BCUT2D eigenvalue weighted by Gasteiger charge is 2.19. The first-order valence-electron chi connectivity index (χ1n) is 4.95. The number of rotatable bonds is 3. The fourth-order valence-electron chi connectivity index (χ4n) is 1.76. The second-order valence-electron chi connectivity index (χ2n) is 3.32. The first-order valence-corrected chi connectivity index (χ1v) is 4.95. The summed E-state index contributed by atoms with van der Waals surface area (Å²) in [5.74, 6) is 0. The number of aliphatic hydroxyl groups is 1. The van der Waals surface area contributed by atoms with Crippen molar-refractivity contribution in [2.24, 2.45) is 0 Å². The van der Waals surface area contributed by atoms with E-state index >= 15 is 0 Å². The third-order valence-electron chi connectivity index (χ3n) is 2.57. The van der Waals surface area contributed by atoms with Crippen molar-refractivity contribution in [3.8, 4) is 0 Å². The summed E-state index contributed by atoms with van der Waals surface area (Å²) in [6.45, 7) is 8.54. The minimum Gasteiger partial charge on any atom is -0.393 e. The average molecular weight is 172 g/mol. The molecular formula is C9H20N2O. The van der Waals surface area contributed by atoms with Gasteiger partial charge in [-0.25, -0.2) is 10.0 Å². The zero-order chi connectivity index (χ0) is 8.97. The van der Waals surface area contributed by atoms with E-state index in [2.05, 4.69) is 23.9 Å². The third kappa shape index (κ3) is 2.44. The van der Waals surface area contributed by atoms with Gasteiger partial charge < -0.3 is 5.11 Å². The van der Waals surface area contributed by atoms with Crippen LogP contribution in [0, 0.1) is 0 Å². The van der Waals surface area contributed by atoms with Gasteiger partial charge in [-0.15, -0.1) is 0 Å². The molecule has 0 saturated carbocycles. The highest BCUT2D eigenvalue weighted by atomic mass is 16.3. The number of hydrazine groups is 1. The van der Waals surface area contributed by atoms with Crippen molar-refractivity contribution in [2.45, 2.75) is 32.8 Å². The predicted molar refractivity (Wildman–Crippen MR) is 49.7 cm³/mol. The predicted octanol–water partition coefficient (Wildman–Crippen LogP) is 0.700. The zero-order valence-electron chi connectivity index (χ0n) is 8.16. The Hall–Kier alpha value is -0.120. The van der Waals surface area contributed by atoms with Crippen LogP contribution in [-0.2, 0) is 0 Å². The van der Waals surface area contributed by atoms with E-state index in [1.807, 2.05) is 0 Å². The summed E-state index contributed by atoms with van der Waals surface area (Å²) in [5, 5.41) is 14.0. The fourth-order valence-corrected chi connectivity index (χ4v) is 1.76. The molecule has 1 heterocycles. The number of hydrogen-bond donors (Lipinski definition) is 1. The van der Waals surface area contributed by atoms with Gasteiger partial charge in [0, 0.05) is 26.2 Å². The van der Waals surface area contributed by atoms with Crippen LogP contribution in [0.1, 0.15) is 26.7 Å². The van der Waals surface area contributed by atoms with Crippen LogP contribution in [0.15, 0.2) is 0 Å². The molecule has 0 bridgehead atoms. The molecule has 0 amide bonds. The van der Waals surface area contributed by atoms with Gasteiger partial charge in [0.25, 0.3) is 0 Å². The van der Waals surface area contributed by atoms with Crippen molar-refractivity contribution >= 4 is 0 Å². The molecule has 0 aliphatic carbocycles. The lowest BCUT2D eigenvalue weighted by atomic mass is 10.1. The lowest BCUT2D eigenvalue weighted by molar-refractivity contribution is -0.0575. The van der Waals surface area contributed by atoms with Gasteiger partial charge in [-0.1, -0.05) is 13.8 Å². The van der Waals surface area contributed by atoms with E-state index in [0.29, 0.717) is 0 Å². The highest BCUT2D eigenvalue weighted by Crippen LogP contribution is 2.11. The van der Waals surface area contributed by atoms with E-state index in [4.69, 9.17) is 0 Å². The Kier molecular flexibility index (Phi) is 3.98. The van der Waals surface area contributed by atoms with Crippen molar-refractivity contribution in [2.75, 3.05) is 26.2 Å².